The largest absolute Gasteiger partial charge is 0.406 e. The topological polar surface area (TPSA) is 97.9 Å². The summed E-state index contributed by atoms with van der Waals surface area (Å²) in [6.45, 7) is 4.59. The average Bonchev–Trinajstić information content (AvgIpc) is 3.11. The molecule has 8 nitrogen and oxygen atoms in total. The van der Waals surface area contributed by atoms with Crippen LogP contribution in [0.25, 0.3) is 0 Å². The summed E-state index contributed by atoms with van der Waals surface area (Å²) in [4.78, 5) is 12.3. The quantitative estimate of drug-likeness (QED) is 0.878. The molecule has 2 aromatic heterocycles. The molecule has 1 fully saturated rings. The van der Waals surface area contributed by atoms with Gasteiger partial charge in [0.2, 0.25) is 5.89 Å². The Morgan fingerprint density at radius 1 is 1.43 bits per heavy atom. The lowest BCUT2D eigenvalue weighted by atomic mass is 10.2. The highest BCUT2D eigenvalue weighted by Crippen LogP contribution is 2.23. The maximum atomic E-state index is 12.3. The van der Waals surface area contributed by atoms with Crippen LogP contribution in [0, 0.1) is 13.8 Å². The summed E-state index contributed by atoms with van der Waals surface area (Å²) in [6.07, 6.45) is 2.05. The fourth-order valence-electron chi connectivity index (χ4n) is 2.58. The van der Waals surface area contributed by atoms with E-state index in [9.17, 15) is 4.79 Å². The Morgan fingerprint density at radius 2 is 2.24 bits per heavy atom. The van der Waals surface area contributed by atoms with E-state index in [4.69, 9.17) is 4.42 Å². The first-order chi connectivity index (χ1) is 10.1. The third-order valence-electron chi connectivity index (χ3n) is 3.76. The van der Waals surface area contributed by atoms with Gasteiger partial charge in [0.25, 0.3) is 5.91 Å². The molecule has 1 saturated heterocycles. The minimum Gasteiger partial charge on any atom is -0.406 e. The number of rotatable bonds is 3. The van der Waals surface area contributed by atoms with Crippen LogP contribution in [0.3, 0.4) is 0 Å². The number of nitrogens with zero attached hydrogens (tertiary/aromatic N) is 4. The van der Waals surface area contributed by atoms with Gasteiger partial charge in [-0.15, -0.1) is 5.10 Å². The molecule has 2 N–H and O–H groups in total. The second kappa shape index (κ2) is 5.28. The minimum atomic E-state index is -0.285. The maximum absolute atomic E-state index is 12.3. The molecule has 2 aromatic rings. The molecule has 3 rings (SSSR count). The molecule has 1 unspecified atom stereocenters. The predicted molar refractivity (Wildman–Crippen MR) is 74.9 cm³/mol. The van der Waals surface area contributed by atoms with E-state index in [0.717, 1.165) is 25.1 Å². The molecule has 0 saturated carbocycles. The van der Waals surface area contributed by atoms with Gasteiger partial charge in [0, 0.05) is 12.7 Å². The van der Waals surface area contributed by atoms with Crippen molar-refractivity contribution in [3.8, 4) is 0 Å². The van der Waals surface area contributed by atoms with E-state index < -0.39 is 0 Å². The fourth-order valence-corrected chi connectivity index (χ4v) is 2.58. The van der Waals surface area contributed by atoms with Gasteiger partial charge in [-0.05, 0) is 33.2 Å². The number of nitrogens with one attached hydrogen (secondary N) is 2. The number of aromatic nitrogens is 4. The number of carbonyl (C=O) groups excluding carboxylic acids is 1. The van der Waals surface area contributed by atoms with Crippen molar-refractivity contribution >= 4 is 11.9 Å². The highest BCUT2D eigenvalue weighted by molar-refractivity contribution is 6.04. The molecule has 1 aliphatic rings. The van der Waals surface area contributed by atoms with Gasteiger partial charge in [0.1, 0.15) is 0 Å². The number of aryl methyl sites for hydroxylation is 2. The van der Waals surface area contributed by atoms with Crippen LogP contribution < -0.4 is 10.6 Å². The third kappa shape index (κ3) is 2.54. The summed E-state index contributed by atoms with van der Waals surface area (Å²) in [5.41, 5.74) is 2.00. The minimum absolute atomic E-state index is 0.0880. The lowest BCUT2D eigenvalue weighted by Crippen LogP contribution is -2.14. The van der Waals surface area contributed by atoms with Gasteiger partial charge < -0.3 is 9.73 Å². The van der Waals surface area contributed by atoms with Crippen molar-refractivity contribution in [3.05, 3.63) is 22.8 Å². The zero-order valence-corrected chi connectivity index (χ0v) is 12.3. The molecule has 112 valence electrons. The molecule has 0 radical (unpaired) electrons. The average molecular weight is 290 g/mol. The van der Waals surface area contributed by atoms with Crippen LogP contribution in [0.2, 0.25) is 0 Å². The van der Waals surface area contributed by atoms with Crippen molar-refractivity contribution < 1.29 is 9.21 Å². The van der Waals surface area contributed by atoms with Gasteiger partial charge in [0.15, 0.2) is 0 Å². The first kappa shape index (κ1) is 13.7. The molecular formula is C13H18N6O2. The SMILES string of the molecule is Cc1nn(C)c(C)c1C(=O)Nc1nnc(C2CCCN2)o1. The van der Waals surface area contributed by atoms with Crippen molar-refractivity contribution in [2.24, 2.45) is 7.05 Å². The molecule has 21 heavy (non-hydrogen) atoms. The summed E-state index contributed by atoms with van der Waals surface area (Å²) in [7, 11) is 1.80. The molecule has 0 aliphatic carbocycles. The van der Waals surface area contributed by atoms with Crippen LogP contribution in [0.5, 0.6) is 0 Å². The Bertz CT molecular complexity index is 668. The van der Waals surface area contributed by atoms with E-state index in [1.54, 1.807) is 18.7 Å². The Balaban J connectivity index is 1.75. The highest BCUT2D eigenvalue weighted by Gasteiger charge is 2.24. The van der Waals surface area contributed by atoms with Crippen LogP contribution in [0.4, 0.5) is 6.01 Å². The lowest BCUT2D eigenvalue weighted by Gasteiger charge is -2.03. The van der Waals surface area contributed by atoms with Crippen molar-refractivity contribution in [2.75, 3.05) is 11.9 Å². The van der Waals surface area contributed by atoms with E-state index in [2.05, 4.69) is 25.9 Å². The van der Waals surface area contributed by atoms with Crippen LogP contribution in [0.15, 0.2) is 4.42 Å². The number of anilines is 1. The number of hydrogen-bond donors (Lipinski definition) is 2. The first-order valence-corrected chi connectivity index (χ1v) is 6.94. The van der Waals surface area contributed by atoms with E-state index >= 15 is 0 Å². The monoisotopic (exact) mass is 290 g/mol. The van der Waals surface area contributed by atoms with E-state index in [1.165, 1.54) is 0 Å². The van der Waals surface area contributed by atoms with Gasteiger partial charge in [-0.3, -0.25) is 14.8 Å². The maximum Gasteiger partial charge on any atom is 0.322 e. The lowest BCUT2D eigenvalue weighted by molar-refractivity contribution is 0.102. The zero-order chi connectivity index (χ0) is 15.0. The molecular weight excluding hydrogens is 272 g/mol. The van der Waals surface area contributed by atoms with Crippen molar-refractivity contribution in [2.45, 2.75) is 32.7 Å². The number of amides is 1. The summed E-state index contributed by atoms with van der Waals surface area (Å²) >= 11 is 0. The zero-order valence-electron chi connectivity index (χ0n) is 12.3. The Morgan fingerprint density at radius 3 is 2.86 bits per heavy atom. The van der Waals surface area contributed by atoms with Gasteiger partial charge >= 0.3 is 6.01 Å². The van der Waals surface area contributed by atoms with Gasteiger partial charge in [-0.1, -0.05) is 5.10 Å². The van der Waals surface area contributed by atoms with Crippen LogP contribution in [-0.4, -0.2) is 32.4 Å². The van der Waals surface area contributed by atoms with E-state index in [1.807, 2.05) is 6.92 Å². The Labute approximate surface area is 121 Å². The van der Waals surface area contributed by atoms with Gasteiger partial charge in [0.05, 0.1) is 17.3 Å². The highest BCUT2D eigenvalue weighted by atomic mass is 16.4. The van der Waals surface area contributed by atoms with Crippen LogP contribution in [-0.2, 0) is 7.05 Å². The molecule has 0 spiro atoms. The molecule has 1 atom stereocenters. The van der Waals surface area contributed by atoms with Crippen molar-refractivity contribution in [1.82, 2.24) is 25.3 Å². The van der Waals surface area contributed by atoms with E-state index in [0.29, 0.717) is 17.1 Å². The molecule has 8 heteroatoms. The normalized spacial score (nSPS) is 18.1. The van der Waals surface area contributed by atoms with Crippen molar-refractivity contribution in [1.29, 1.82) is 0 Å². The van der Waals surface area contributed by atoms with E-state index in [-0.39, 0.29) is 18.0 Å². The number of carbonyl (C=O) groups is 1. The summed E-state index contributed by atoms with van der Waals surface area (Å²) in [5.74, 6) is 0.232. The molecule has 0 bridgehead atoms. The Hall–Kier alpha value is -2.22. The standard InChI is InChI=1S/C13H18N6O2/c1-7-10(8(2)19(3)18-7)11(20)15-13-17-16-12(21-13)9-5-4-6-14-9/h9,14H,4-6H2,1-3H3,(H,15,17,20). The molecule has 1 amide bonds. The second-order valence-corrected chi connectivity index (χ2v) is 5.22. The molecule has 0 aromatic carbocycles. The summed E-state index contributed by atoms with van der Waals surface area (Å²) in [6, 6.07) is 0.205. The molecule has 3 heterocycles. The second-order valence-electron chi connectivity index (χ2n) is 5.22. The molecule has 1 aliphatic heterocycles. The van der Waals surface area contributed by atoms with Gasteiger partial charge in [-0.25, -0.2) is 0 Å². The number of hydrogen-bond acceptors (Lipinski definition) is 6. The third-order valence-corrected chi connectivity index (χ3v) is 3.76. The van der Waals surface area contributed by atoms with Crippen LogP contribution in [0.1, 0.15) is 46.5 Å². The predicted octanol–water partition coefficient (Wildman–Crippen LogP) is 1.10. The van der Waals surface area contributed by atoms with Crippen molar-refractivity contribution in [3.63, 3.8) is 0 Å². The van der Waals surface area contributed by atoms with Gasteiger partial charge in [-0.2, -0.15) is 5.10 Å². The smallest absolute Gasteiger partial charge is 0.322 e. The first-order valence-electron chi connectivity index (χ1n) is 6.94. The Kier molecular flexibility index (Phi) is 3.46. The fraction of sp³-hybridized carbons (Fsp3) is 0.538. The summed E-state index contributed by atoms with van der Waals surface area (Å²) < 4.78 is 7.17. The van der Waals surface area contributed by atoms with Crippen LogP contribution >= 0.6 is 0 Å². The summed E-state index contributed by atoms with van der Waals surface area (Å²) in [5, 5.41) is 18.0.